The maximum Gasteiger partial charge on any atom is 0.338 e. The number of carbonyl (C=O) groups is 3. The van der Waals surface area contributed by atoms with E-state index in [0.717, 1.165) is 5.57 Å². The van der Waals surface area contributed by atoms with Gasteiger partial charge in [-0.25, -0.2) is 4.79 Å². The number of fused-ring (bicyclic) bond motifs is 5. The molecule has 61 heavy (non-hydrogen) atoms. The summed E-state index contributed by atoms with van der Waals surface area (Å²) in [4.78, 5) is 41.6. The summed E-state index contributed by atoms with van der Waals surface area (Å²) >= 11 is 0. The van der Waals surface area contributed by atoms with E-state index in [9.17, 15) is 19.5 Å². The second-order valence-corrected chi connectivity index (χ2v) is 88.4. The van der Waals surface area contributed by atoms with E-state index in [4.69, 9.17) is 28.0 Å². The van der Waals surface area contributed by atoms with E-state index < -0.39 is 147 Å². The molecule has 1 aliphatic heterocycles. The van der Waals surface area contributed by atoms with Crippen molar-refractivity contribution in [2.24, 2.45) is 22.7 Å². The molecule has 15 unspecified atom stereocenters. The maximum absolute atomic E-state index is 14.7. The summed E-state index contributed by atoms with van der Waals surface area (Å²) in [6, 6.07) is 8.91. The number of hydrogen-bond acceptors (Lipinski definition) is 10. The van der Waals surface area contributed by atoms with Gasteiger partial charge in [-0.2, -0.15) is 0 Å². The van der Waals surface area contributed by atoms with Crippen molar-refractivity contribution >= 4 is 180 Å². The smallest absolute Gasteiger partial charge is 0.338 e. The van der Waals surface area contributed by atoms with E-state index in [0.29, 0.717) is 24.0 Å². The summed E-state index contributed by atoms with van der Waals surface area (Å²) in [5, 5.41) is 13.3. The van der Waals surface area contributed by atoms with E-state index in [1.807, 2.05) is 19.9 Å². The standard InChI is InChI=1S/C31H60O10P20/c1-15-20(40-54(60(52)57(46)47)61(58(48)49)59(50)51)12-19-25(38-28(35)18-10-8-7-9-11-18)26-30(6,27(37-16(2)32)24(34)23(15)29(19,4)5)21(41-53(55(42)43)56(44)45)13-22-31(26,14-36-22)39-17(3)33/h7-11,19-22,24-27,34H,12-14,42-52H2,1-6H3/t19?,20-,21-,22+,24+,25+,26?,27+,30+,31-,54?,60?/m0/s1. The Morgan fingerprint density at radius 3 is 1.84 bits per heavy atom. The first-order chi connectivity index (χ1) is 28.3. The summed E-state index contributed by atoms with van der Waals surface area (Å²) in [5.41, 5.74) is -1.45. The van der Waals surface area contributed by atoms with Crippen LogP contribution in [0.2, 0.25) is 0 Å². The average molecular weight is 1210 g/mol. The van der Waals surface area contributed by atoms with Gasteiger partial charge < -0.3 is 33.1 Å². The third kappa shape index (κ3) is 12.4. The zero-order valence-corrected chi connectivity index (χ0v) is 55.4. The lowest BCUT2D eigenvalue weighted by atomic mass is 9.45. The van der Waals surface area contributed by atoms with Gasteiger partial charge in [0.2, 0.25) is 0 Å². The quantitative estimate of drug-likeness (QED) is 0.0785. The highest BCUT2D eigenvalue weighted by molar-refractivity contribution is 9.19. The number of carbonyl (C=O) groups excluding carboxylic acids is 3. The highest BCUT2D eigenvalue weighted by Gasteiger charge is 2.76. The molecule has 30 heteroatoms. The van der Waals surface area contributed by atoms with Crippen molar-refractivity contribution in [2.45, 2.75) is 96.6 Å². The van der Waals surface area contributed by atoms with Crippen LogP contribution >= 0.6 is 162 Å². The third-order valence-corrected chi connectivity index (χ3v) is 105. The minimum absolute atomic E-state index is 0.0343. The molecule has 3 fully saturated rings. The number of rotatable bonds is 15. The van der Waals surface area contributed by atoms with Crippen LogP contribution in [0, 0.1) is 22.7 Å². The number of benzene rings is 1. The molecule has 0 aromatic heterocycles. The van der Waals surface area contributed by atoms with Gasteiger partial charge in [0.1, 0.15) is 24.4 Å². The van der Waals surface area contributed by atoms with Gasteiger partial charge in [-0.15, -0.1) is 89.3 Å². The van der Waals surface area contributed by atoms with Crippen molar-refractivity contribution in [3.63, 3.8) is 0 Å². The Hall–Kier alpha value is 5.81. The molecule has 2 saturated carbocycles. The van der Waals surface area contributed by atoms with Crippen molar-refractivity contribution in [3.05, 3.63) is 47.0 Å². The molecule has 1 N–H and O–H groups in total. The van der Waals surface area contributed by atoms with Crippen LogP contribution in [-0.2, 0) is 37.6 Å². The second kappa shape index (κ2) is 24.2. The molecule has 1 aromatic carbocycles. The molecular weight excluding hydrogens is 1150 g/mol. The molecule has 2 bridgehead atoms. The second-order valence-electron chi connectivity index (χ2n) is 16.0. The lowest BCUT2D eigenvalue weighted by molar-refractivity contribution is -0.351. The van der Waals surface area contributed by atoms with Gasteiger partial charge in [-0.05, 0) is 77.0 Å². The summed E-state index contributed by atoms with van der Waals surface area (Å²) in [6.07, 6.45) is -4.46. The molecule has 1 aromatic rings. The highest BCUT2D eigenvalue weighted by atomic mass is 33.2. The van der Waals surface area contributed by atoms with Crippen LogP contribution in [0.1, 0.15) is 64.7 Å². The minimum atomic E-state index is -1.32. The van der Waals surface area contributed by atoms with Crippen LogP contribution in [0.25, 0.3) is 0 Å². The summed E-state index contributed by atoms with van der Waals surface area (Å²) in [5.74, 6) is -2.94. The largest absolute Gasteiger partial charge is 0.459 e. The van der Waals surface area contributed by atoms with Gasteiger partial charge in [0.25, 0.3) is 0 Å². The lowest BCUT2D eigenvalue weighted by Gasteiger charge is -2.68. The molecule has 5 rings (SSSR count). The van der Waals surface area contributed by atoms with Gasteiger partial charge in [0, 0.05) is 45.6 Å². The van der Waals surface area contributed by atoms with E-state index in [1.165, 1.54) is 13.8 Å². The number of ether oxygens (including phenoxy) is 4. The number of esters is 3. The monoisotopic (exact) mass is 1210 g/mol. The number of aliphatic hydroxyl groups excluding tert-OH is 1. The van der Waals surface area contributed by atoms with Gasteiger partial charge in [-0.1, -0.05) is 47.9 Å². The van der Waals surface area contributed by atoms with E-state index in [2.05, 4.69) is 112 Å². The Morgan fingerprint density at radius 2 is 1.36 bits per heavy atom. The van der Waals surface area contributed by atoms with Crippen LogP contribution in [0.5, 0.6) is 0 Å². The third-order valence-electron chi connectivity index (χ3n) is 12.0. The first-order valence-electron chi connectivity index (χ1n) is 18.7. The molecule has 0 amide bonds. The van der Waals surface area contributed by atoms with Crippen molar-refractivity contribution < 1.29 is 47.5 Å². The Morgan fingerprint density at radius 1 is 0.770 bits per heavy atom. The topological polar surface area (TPSA) is 127 Å². The SMILES string of the molecule is CC(=O)O[C@@H]1[C@H](O)C2=C(C)[C@@H](OP(P(P)P(P)P)P(P(P)P)P(P)P)CC([C@@H](OC(=O)c3ccccc3)C3[C@@]1(C)[C@@H](OP(P(P)P)P(P)P)C[C@H]1OC[C@@]31OC(C)=O)C2(C)C. The Balaban J connectivity index is 1.87. The highest BCUT2D eigenvalue weighted by Crippen LogP contribution is 3.17. The molecular formula is C31H60O10P20. The number of hydrogen-bond donors (Lipinski definition) is 1. The Labute approximate surface area is 397 Å². The summed E-state index contributed by atoms with van der Waals surface area (Å²) in [6.45, 7) is 6.78. The van der Waals surface area contributed by atoms with E-state index in [1.54, 1.807) is 24.3 Å². The van der Waals surface area contributed by atoms with E-state index in [-0.39, 0.29) is 6.61 Å². The van der Waals surface area contributed by atoms with Crippen LogP contribution in [-0.4, -0.2) is 71.8 Å². The molecule has 1 heterocycles. The van der Waals surface area contributed by atoms with Crippen molar-refractivity contribution in [3.8, 4) is 0 Å². The fourth-order valence-corrected chi connectivity index (χ4v) is 138. The average Bonchev–Trinajstić information content (AvgIpc) is 3.14. The van der Waals surface area contributed by atoms with Crippen LogP contribution in [0.15, 0.2) is 41.5 Å². The summed E-state index contributed by atoms with van der Waals surface area (Å²) < 4.78 is 41.3. The Kier molecular flexibility index (Phi) is 22.9. The molecule has 1 saturated heterocycles. The molecule has 23 atom stereocenters. The molecule has 0 spiro atoms. The fourth-order valence-electron chi connectivity index (χ4n) is 9.56. The first-order valence-corrected chi connectivity index (χ1v) is 53.4. The zero-order valence-electron chi connectivity index (χ0n) is 34.6. The maximum atomic E-state index is 14.7. The van der Waals surface area contributed by atoms with Gasteiger partial charge in [0.05, 0.1) is 45.3 Å². The molecule has 0 radical (unpaired) electrons. The van der Waals surface area contributed by atoms with Gasteiger partial charge in [-0.3, -0.25) is 9.59 Å². The molecule has 10 nitrogen and oxygen atoms in total. The van der Waals surface area contributed by atoms with Crippen molar-refractivity contribution in [1.82, 2.24) is 0 Å². The van der Waals surface area contributed by atoms with Gasteiger partial charge in [0.15, 0.2) is 5.60 Å². The molecule has 3 aliphatic carbocycles. The predicted octanol–water partition coefficient (Wildman–Crippen LogP) is 14.6. The van der Waals surface area contributed by atoms with Crippen LogP contribution < -0.4 is 0 Å². The first kappa shape index (κ1) is 57.7. The van der Waals surface area contributed by atoms with Crippen molar-refractivity contribution in [1.29, 1.82) is 0 Å². The van der Waals surface area contributed by atoms with Crippen LogP contribution in [0.4, 0.5) is 0 Å². The predicted molar refractivity (Wildman–Crippen MR) is 311 cm³/mol. The lowest BCUT2D eigenvalue weighted by Crippen LogP contribution is -2.80. The zero-order chi connectivity index (χ0) is 45.7. The normalized spacial score (nSPS) is 33.3. The number of aliphatic hydroxyl groups is 1. The fraction of sp³-hybridized carbons (Fsp3) is 0.645. The van der Waals surface area contributed by atoms with Crippen molar-refractivity contribution in [2.75, 3.05) is 6.61 Å². The van der Waals surface area contributed by atoms with Crippen LogP contribution in [0.3, 0.4) is 0 Å². The minimum Gasteiger partial charge on any atom is -0.459 e. The molecule has 4 aliphatic rings. The van der Waals surface area contributed by atoms with Gasteiger partial charge >= 0.3 is 17.9 Å². The van der Waals surface area contributed by atoms with E-state index >= 15 is 0 Å². The molecule has 344 valence electrons. The Bertz CT molecular complexity index is 1760. The summed E-state index contributed by atoms with van der Waals surface area (Å²) in [7, 11) is 31.1.